The summed E-state index contributed by atoms with van der Waals surface area (Å²) in [5, 5.41) is 24.4. The van der Waals surface area contributed by atoms with Crippen molar-refractivity contribution in [3.05, 3.63) is 57.4 Å². The number of methoxy groups -OCH3 is 1. The maximum absolute atomic E-state index is 11.6. The lowest BCUT2D eigenvalue weighted by atomic mass is 9.79. The Morgan fingerprint density at radius 2 is 2.14 bits per heavy atom. The molecule has 0 radical (unpaired) electrons. The molecule has 36 heavy (non-hydrogen) atoms. The number of benzene rings is 1. The van der Waals surface area contributed by atoms with E-state index in [1.54, 1.807) is 24.6 Å². The van der Waals surface area contributed by atoms with Gasteiger partial charge in [0.05, 0.1) is 23.8 Å². The Bertz CT molecular complexity index is 1150. The molecular formula is C28H35ClN2O4S. The molecule has 0 spiro atoms. The van der Waals surface area contributed by atoms with Gasteiger partial charge in [0.1, 0.15) is 5.75 Å². The number of aliphatic hydroxyl groups is 1. The number of rotatable bonds is 12. The van der Waals surface area contributed by atoms with Crippen LogP contribution in [0, 0.1) is 11.8 Å². The third-order valence-corrected chi connectivity index (χ3v) is 8.83. The van der Waals surface area contributed by atoms with E-state index in [9.17, 15) is 15.0 Å². The van der Waals surface area contributed by atoms with E-state index in [2.05, 4.69) is 9.88 Å². The SMILES string of the molecule is COc1ccc2nccc([C@H](O)CC[C@@H]3CCN(CCCCc4sccc4Cl)C[C@@H]3CC(=O)O)c2c1. The molecule has 4 rings (SSSR count). The number of thiophene rings is 1. The summed E-state index contributed by atoms with van der Waals surface area (Å²) in [5.74, 6) is 0.382. The van der Waals surface area contributed by atoms with Gasteiger partial charge in [-0.1, -0.05) is 11.6 Å². The lowest BCUT2D eigenvalue weighted by Gasteiger charge is -2.38. The van der Waals surface area contributed by atoms with Gasteiger partial charge in [0.25, 0.3) is 0 Å². The standard InChI is InChI=1S/C28H35ClN2O4S/c1-35-21-6-7-25-23(17-21)22(9-12-30-25)26(32)8-5-19-10-14-31(18-20(19)16-28(33)34)13-3-2-4-27-24(29)11-15-36-27/h6-7,9,11-12,15,17,19-20,26,32H,2-5,8,10,13-14,16,18H2,1H3,(H,33,34)/t19-,20+,26-/m1/s1. The molecule has 0 saturated carbocycles. The number of piperidine rings is 1. The first-order chi connectivity index (χ1) is 17.4. The van der Waals surface area contributed by atoms with Crippen molar-refractivity contribution in [2.45, 2.75) is 51.0 Å². The Morgan fingerprint density at radius 1 is 1.28 bits per heavy atom. The third kappa shape index (κ3) is 6.97. The number of aliphatic carboxylic acids is 1. The number of nitrogens with zero attached hydrogens (tertiary/aromatic N) is 2. The number of aromatic nitrogens is 1. The fraction of sp³-hybridized carbons (Fsp3) is 0.500. The molecule has 3 heterocycles. The molecular weight excluding hydrogens is 496 g/mol. The zero-order valence-electron chi connectivity index (χ0n) is 20.7. The third-order valence-electron chi connectivity index (χ3n) is 7.38. The maximum Gasteiger partial charge on any atom is 0.303 e. The van der Waals surface area contributed by atoms with Gasteiger partial charge in [-0.3, -0.25) is 9.78 Å². The van der Waals surface area contributed by atoms with Crippen LogP contribution in [0.3, 0.4) is 0 Å². The first-order valence-corrected chi connectivity index (χ1v) is 14.0. The van der Waals surface area contributed by atoms with Crippen molar-refractivity contribution in [1.29, 1.82) is 0 Å². The molecule has 1 saturated heterocycles. The number of hydrogen-bond acceptors (Lipinski definition) is 6. The highest BCUT2D eigenvalue weighted by Gasteiger charge is 2.31. The van der Waals surface area contributed by atoms with Crippen LogP contribution in [0.15, 0.2) is 41.9 Å². The Morgan fingerprint density at radius 3 is 2.89 bits per heavy atom. The molecule has 1 aliphatic heterocycles. The Hall–Kier alpha value is -2.19. The van der Waals surface area contributed by atoms with Crippen LogP contribution in [-0.4, -0.2) is 52.8 Å². The number of carbonyl (C=O) groups is 1. The predicted molar refractivity (Wildman–Crippen MR) is 145 cm³/mol. The van der Waals surface area contributed by atoms with Gasteiger partial charge in [0.15, 0.2) is 0 Å². The average molecular weight is 531 g/mol. The zero-order valence-corrected chi connectivity index (χ0v) is 22.3. The van der Waals surface area contributed by atoms with Crippen molar-refractivity contribution in [1.82, 2.24) is 9.88 Å². The number of fused-ring (bicyclic) bond motifs is 1. The minimum absolute atomic E-state index is 0.101. The molecule has 194 valence electrons. The van der Waals surface area contributed by atoms with E-state index in [0.717, 1.165) is 79.0 Å². The normalized spacial score (nSPS) is 19.4. The zero-order chi connectivity index (χ0) is 25.5. The average Bonchev–Trinajstić information content (AvgIpc) is 3.29. The van der Waals surface area contributed by atoms with E-state index >= 15 is 0 Å². The van der Waals surface area contributed by atoms with Crippen LogP contribution in [0.1, 0.15) is 55.1 Å². The highest BCUT2D eigenvalue weighted by Crippen LogP contribution is 2.35. The number of aryl methyl sites for hydroxylation is 1. The molecule has 8 heteroatoms. The van der Waals surface area contributed by atoms with E-state index in [1.165, 1.54) is 4.88 Å². The van der Waals surface area contributed by atoms with Crippen LogP contribution < -0.4 is 4.74 Å². The highest BCUT2D eigenvalue weighted by atomic mass is 35.5. The van der Waals surface area contributed by atoms with Crippen molar-refractivity contribution in [3.8, 4) is 5.75 Å². The second-order valence-electron chi connectivity index (χ2n) is 9.73. The minimum Gasteiger partial charge on any atom is -0.497 e. The molecule has 0 amide bonds. The van der Waals surface area contributed by atoms with E-state index in [0.29, 0.717) is 12.3 Å². The summed E-state index contributed by atoms with van der Waals surface area (Å²) in [7, 11) is 1.63. The monoisotopic (exact) mass is 530 g/mol. The van der Waals surface area contributed by atoms with Gasteiger partial charge in [0.2, 0.25) is 0 Å². The summed E-state index contributed by atoms with van der Waals surface area (Å²) in [6, 6.07) is 9.51. The maximum atomic E-state index is 11.6. The number of unbranched alkanes of at least 4 members (excludes halogenated alkanes) is 1. The van der Waals surface area contributed by atoms with Crippen molar-refractivity contribution in [3.63, 3.8) is 0 Å². The highest BCUT2D eigenvalue weighted by molar-refractivity contribution is 7.10. The van der Waals surface area contributed by atoms with E-state index in [-0.39, 0.29) is 12.3 Å². The number of carboxylic acid groups (broad SMARTS) is 1. The molecule has 2 N–H and O–H groups in total. The summed E-state index contributed by atoms with van der Waals surface area (Å²) in [6.07, 6.45) is 6.80. The van der Waals surface area contributed by atoms with E-state index in [1.807, 2.05) is 35.7 Å². The van der Waals surface area contributed by atoms with Gasteiger partial charge in [-0.05, 0) is 105 Å². The molecule has 6 nitrogen and oxygen atoms in total. The van der Waals surface area contributed by atoms with Gasteiger partial charge in [0, 0.05) is 29.4 Å². The van der Waals surface area contributed by atoms with Crippen LogP contribution >= 0.6 is 22.9 Å². The summed E-state index contributed by atoms with van der Waals surface area (Å²) < 4.78 is 5.36. The smallest absolute Gasteiger partial charge is 0.303 e. The molecule has 1 fully saturated rings. The van der Waals surface area contributed by atoms with Crippen molar-refractivity contribution < 1.29 is 19.7 Å². The number of halogens is 1. The van der Waals surface area contributed by atoms with E-state index in [4.69, 9.17) is 16.3 Å². The molecule has 3 atom stereocenters. The first-order valence-electron chi connectivity index (χ1n) is 12.7. The summed E-state index contributed by atoms with van der Waals surface area (Å²) in [6.45, 7) is 2.77. The Kier molecular flexibility index (Phi) is 9.60. The lowest BCUT2D eigenvalue weighted by Crippen LogP contribution is -2.41. The second-order valence-corrected chi connectivity index (χ2v) is 11.1. The number of pyridine rings is 1. The molecule has 0 aliphatic carbocycles. The van der Waals surface area contributed by atoms with Gasteiger partial charge in [-0.15, -0.1) is 11.3 Å². The number of carboxylic acids is 1. The van der Waals surface area contributed by atoms with Crippen LogP contribution in [0.4, 0.5) is 0 Å². The minimum atomic E-state index is -0.744. The van der Waals surface area contributed by atoms with Crippen LogP contribution in [0.25, 0.3) is 10.9 Å². The van der Waals surface area contributed by atoms with Crippen molar-refractivity contribution in [2.24, 2.45) is 11.8 Å². The number of ether oxygens (including phenoxy) is 1. The van der Waals surface area contributed by atoms with Gasteiger partial charge >= 0.3 is 5.97 Å². The summed E-state index contributed by atoms with van der Waals surface area (Å²) in [4.78, 5) is 19.7. The molecule has 2 aromatic heterocycles. The van der Waals surface area contributed by atoms with E-state index < -0.39 is 12.1 Å². The Balaban J connectivity index is 1.32. The van der Waals surface area contributed by atoms with Gasteiger partial charge < -0.3 is 19.8 Å². The van der Waals surface area contributed by atoms with Crippen LogP contribution in [-0.2, 0) is 11.2 Å². The topological polar surface area (TPSA) is 82.9 Å². The number of hydrogen-bond donors (Lipinski definition) is 2. The van der Waals surface area contributed by atoms with Gasteiger partial charge in [-0.2, -0.15) is 0 Å². The molecule has 0 bridgehead atoms. The van der Waals surface area contributed by atoms with Crippen LogP contribution in [0.5, 0.6) is 5.75 Å². The number of aliphatic hydroxyl groups excluding tert-OH is 1. The molecule has 0 unspecified atom stereocenters. The predicted octanol–water partition coefficient (Wildman–Crippen LogP) is 6.21. The molecule has 1 aromatic carbocycles. The fourth-order valence-corrected chi connectivity index (χ4v) is 6.59. The second kappa shape index (κ2) is 12.9. The van der Waals surface area contributed by atoms with Gasteiger partial charge in [-0.25, -0.2) is 0 Å². The van der Waals surface area contributed by atoms with Crippen LogP contribution in [0.2, 0.25) is 5.02 Å². The quantitative estimate of drug-likeness (QED) is 0.271. The number of likely N-dealkylation sites (tertiary alicyclic amines) is 1. The van der Waals surface area contributed by atoms with Crippen molar-refractivity contribution in [2.75, 3.05) is 26.7 Å². The Labute approximate surface area is 221 Å². The largest absolute Gasteiger partial charge is 0.497 e. The summed E-state index contributed by atoms with van der Waals surface area (Å²) >= 11 is 7.91. The van der Waals surface area contributed by atoms with Crippen molar-refractivity contribution >= 4 is 39.8 Å². The fourth-order valence-electron chi connectivity index (χ4n) is 5.41. The lowest BCUT2D eigenvalue weighted by molar-refractivity contribution is -0.139. The molecule has 1 aliphatic rings. The first kappa shape index (κ1) is 26.9. The molecule has 3 aromatic rings. The summed E-state index contributed by atoms with van der Waals surface area (Å²) in [5.41, 5.74) is 1.67.